The Bertz CT molecular complexity index is 933. The van der Waals surface area contributed by atoms with Crippen molar-refractivity contribution >= 4 is 5.97 Å². The summed E-state index contributed by atoms with van der Waals surface area (Å²) in [6.45, 7) is 5.98. The summed E-state index contributed by atoms with van der Waals surface area (Å²) in [6, 6.07) is 9.67. The van der Waals surface area contributed by atoms with Gasteiger partial charge in [0.25, 0.3) is 5.89 Å². The van der Waals surface area contributed by atoms with Crippen LogP contribution in [0.5, 0.6) is 5.75 Å². The molecule has 3 rings (SSSR count). The van der Waals surface area contributed by atoms with Gasteiger partial charge in [0.05, 0.1) is 7.11 Å². The molecule has 0 amide bonds. The number of pyridine rings is 1. The average molecular weight is 367 g/mol. The van der Waals surface area contributed by atoms with E-state index in [9.17, 15) is 4.79 Å². The monoisotopic (exact) mass is 367 g/mol. The summed E-state index contributed by atoms with van der Waals surface area (Å²) in [5.41, 5.74) is 3.05. The molecule has 0 unspecified atom stereocenters. The second-order valence-electron chi connectivity index (χ2n) is 6.43. The number of esters is 1. The largest absolute Gasteiger partial charge is 0.494 e. The standard InChI is InChI=1S/C20H21N3O4/c1-12(2)14-5-7-15(8-6-14)19-22-17(27-23-19)11-26-20(24)18-16(25-4)9-13(3)10-21-18/h5-10,12H,11H2,1-4H3. The minimum Gasteiger partial charge on any atom is -0.494 e. The highest BCUT2D eigenvalue weighted by Gasteiger charge is 2.18. The number of hydrogen-bond donors (Lipinski definition) is 0. The number of rotatable bonds is 6. The van der Waals surface area contributed by atoms with Crippen LogP contribution in [0.15, 0.2) is 41.1 Å². The molecule has 0 aliphatic carbocycles. The normalized spacial score (nSPS) is 10.9. The number of benzene rings is 1. The van der Waals surface area contributed by atoms with Gasteiger partial charge in [0.15, 0.2) is 18.1 Å². The zero-order valence-electron chi connectivity index (χ0n) is 15.7. The SMILES string of the molecule is COc1cc(C)cnc1C(=O)OCc1nc(-c2ccc(C(C)C)cc2)no1. The number of carbonyl (C=O) groups is 1. The van der Waals surface area contributed by atoms with E-state index in [4.69, 9.17) is 14.0 Å². The zero-order chi connectivity index (χ0) is 19.4. The quantitative estimate of drug-likeness (QED) is 0.610. The van der Waals surface area contributed by atoms with Gasteiger partial charge in [-0.1, -0.05) is 43.3 Å². The van der Waals surface area contributed by atoms with Gasteiger partial charge in [0.1, 0.15) is 0 Å². The van der Waals surface area contributed by atoms with Crippen LogP contribution in [-0.4, -0.2) is 28.2 Å². The van der Waals surface area contributed by atoms with E-state index in [0.29, 0.717) is 17.5 Å². The summed E-state index contributed by atoms with van der Waals surface area (Å²) in [5, 5.41) is 3.94. The predicted molar refractivity (Wildman–Crippen MR) is 98.5 cm³/mol. The Morgan fingerprint density at radius 2 is 1.96 bits per heavy atom. The fraction of sp³-hybridized carbons (Fsp3) is 0.300. The lowest BCUT2D eigenvalue weighted by atomic mass is 10.0. The predicted octanol–water partition coefficient (Wildman–Crippen LogP) is 3.93. The Morgan fingerprint density at radius 3 is 2.63 bits per heavy atom. The molecule has 1 aromatic carbocycles. The summed E-state index contributed by atoms with van der Waals surface area (Å²) in [7, 11) is 1.47. The molecule has 3 aromatic rings. The lowest BCUT2D eigenvalue weighted by Crippen LogP contribution is -2.09. The first-order chi connectivity index (χ1) is 13.0. The molecule has 0 saturated heterocycles. The van der Waals surface area contributed by atoms with Gasteiger partial charge in [0, 0.05) is 11.8 Å². The molecule has 0 saturated carbocycles. The van der Waals surface area contributed by atoms with Crippen molar-refractivity contribution < 1.29 is 18.8 Å². The van der Waals surface area contributed by atoms with E-state index in [1.807, 2.05) is 31.2 Å². The van der Waals surface area contributed by atoms with Crippen molar-refractivity contribution in [2.75, 3.05) is 7.11 Å². The second-order valence-corrected chi connectivity index (χ2v) is 6.43. The molecule has 0 fully saturated rings. The van der Waals surface area contributed by atoms with Crippen LogP contribution in [0.2, 0.25) is 0 Å². The van der Waals surface area contributed by atoms with Crippen molar-refractivity contribution in [3.8, 4) is 17.1 Å². The van der Waals surface area contributed by atoms with E-state index in [1.165, 1.54) is 12.7 Å². The van der Waals surface area contributed by atoms with Crippen molar-refractivity contribution in [2.24, 2.45) is 0 Å². The lowest BCUT2D eigenvalue weighted by molar-refractivity contribution is 0.0419. The molecule has 2 aromatic heterocycles. The first-order valence-corrected chi connectivity index (χ1v) is 8.58. The Labute approximate surface area is 157 Å². The molecule has 2 heterocycles. The van der Waals surface area contributed by atoms with E-state index >= 15 is 0 Å². The van der Waals surface area contributed by atoms with E-state index in [-0.39, 0.29) is 18.2 Å². The molecule has 0 atom stereocenters. The van der Waals surface area contributed by atoms with Gasteiger partial charge >= 0.3 is 5.97 Å². The topological polar surface area (TPSA) is 87.3 Å². The van der Waals surface area contributed by atoms with Crippen molar-refractivity contribution in [1.82, 2.24) is 15.1 Å². The zero-order valence-corrected chi connectivity index (χ0v) is 15.7. The van der Waals surface area contributed by atoms with Crippen molar-refractivity contribution in [3.63, 3.8) is 0 Å². The van der Waals surface area contributed by atoms with Crippen LogP contribution in [0.3, 0.4) is 0 Å². The van der Waals surface area contributed by atoms with Crippen LogP contribution in [0.4, 0.5) is 0 Å². The molecule has 7 nitrogen and oxygen atoms in total. The second kappa shape index (κ2) is 7.99. The maximum Gasteiger partial charge on any atom is 0.361 e. The first-order valence-electron chi connectivity index (χ1n) is 8.58. The van der Waals surface area contributed by atoms with Crippen molar-refractivity contribution in [2.45, 2.75) is 33.3 Å². The van der Waals surface area contributed by atoms with Crippen molar-refractivity contribution in [3.05, 3.63) is 59.2 Å². The van der Waals surface area contributed by atoms with Gasteiger partial charge in [-0.15, -0.1) is 0 Å². The summed E-state index contributed by atoms with van der Waals surface area (Å²) >= 11 is 0. The van der Waals surface area contributed by atoms with Gasteiger partial charge in [-0.2, -0.15) is 4.98 Å². The number of aromatic nitrogens is 3. The average Bonchev–Trinajstić information content (AvgIpc) is 3.15. The summed E-state index contributed by atoms with van der Waals surface area (Å²) in [6.07, 6.45) is 1.57. The first kappa shape index (κ1) is 18.6. The highest BCUT2D eigenvalue weighted by molar-refractivity contribution is 5.90. The van der Waals surface area contributed by atoms with Crippen molar-refractivity contribution in [1.29, 1.82) is 0 Å². The Balaban J connectivity index is 1.67. The van der Waals surface area contributed by atoms with Crippen LogP contribution >= 0.6 is 0 Å². The van der Waals surface area contributed by atoms with Gasteiger partial charge < -0.3 is 14.0 Å². The summed E-state index contributed by atoms with van der Waals surface area (Å²) < 4.78 is 15.6. The van der Waals surface area contributed by atoms with Crippen LogP contribution in [0.1, 0.15) is 47.3 Å². The molecule has 0 bridgehead atoms. The number of hydrogen-bond acceptors (Lipinski definition) is 7. The molecule has 7 heteroatoms. The van der Waals surface area contributed by atoms with E-state index in [0.717, 1.165) is 11.1 Å². The maximum atomic E-state index is 12.2. The van der Waals surface area contributed by atoms with E-state index in [2.05, 4.69) is 29.0 Å². The number of carbonyl (C=O) groups excluding carboxylic acids is 1. The number of ether oxygens (including phenoxy) is 2. The fourth-order valence-corrected chi connectivity index (χ4v) is 2.49. The third-order valence-electron chi connectivity index (χ3n) is 4.03. The number of aryl methyl sites for hydroxylation is 1. The van der Waals surface area contributed by atoms with Crippen LogP contribution in [0, 0.1) is 6.92 Å². The molecule has 0 spiro atoms. The van der Waals surface area contributed by atoms with E-state index < -0.39 is 5.97 Å². The van der Waals surface area contributed by atoms with Gasteiger partial charge in [-0.3, -0.25) is 0 Å². The Morgan fingerprint density at radius 1 is 1.22 bits per heavy atom. The number of nitrogens with zero attached hydrogens (tertiary/aromatic N) is 3. The highest BCUT2D eigenvalue weighted by Crippen LogP contribution is 2.21. The van der Waals surface area contributed by atoms with Crippen LogP contribution < -0.4 is 4.74 Å². The molecular weight excluding hydrogens is 346 g/mol. The van der Waals surface area contributed by atoms with Gasteiger partial charge in [-0.05, 0) is 30.0 Å². The smallest absolute Gasteiger partial charge is 0.361 e. The molecule has 140 valence electrons. The van der Waals surface area contributed by atoms with Crippen LogP contribution in [0.25, 0.3) is 11.4 Å². The maximum absolute atomic E-state index is 12.2. The van der Waals surface area contributed by atoms with Crippen LogP contribution in [-0.2, 0) is 11.3 Å². The molecule has 0 radical (unpaired) electrons. The molecular formula is C20H21N3O4. The molecule has 0 N–H and O–H groups in total. The molecule has 0 aliphatic heterocycles. The molecule has 0 aliphatic rings. The van der Waals surface area contributed by atoms with Gasteiger partial charge in [0.2, 0.25) is 5.82 Å². The Kier molecular flexibility index (Phi) is 5.49. The lowest BCUT2D eigenvalue weighted by Gasteiger charge is -2.07. The Hall–Kier alpha value is -3.22. The van der Waals surface area contributed by atoms with Gasteiger partial charge in [-0.25, -0.2) is 9.78 Å². The number of methoxy groups -OCH3 is 1. The third-order valence-corrected chi connectivity index (χ3v) is 4.03. The van der Waals surface area contributed by atoms with E-state index in [1.54, 1.807) is 12.3 Å². The minimum atomic E-state index is -0.618. The minimum absolute atomic E-state index is 0.104. The fourth-order valence-electron chi connectivity index (χ4n) is 2.49. The highest BCUT2D eigenvalue weighted by atomic mass is 16.6. The third kappa shape index (κ3) is 4.31. The summed E-state index contributed by atoms with van der Waals surface area (Å²) in [4.78, 5) is 20.6. The summed E-state index contributed by atoms with van der Waals surface area (Å²) in [5.74, 6) is 0.843. The molecule has 27 heavy (non-hydrogen) atoms.